The SMILES string of the molecule is O=C(COc1ncnc2ccc(Br)cc12)Nc1ccc(F)cc1. The van der Waals surface area contributed by atoms with E-state index in [-0.39, 0.29) is 18.3 Å². The highest BCUT2D eigenvalue weighted by Gasteiger charge is 2.09. The van der Waals surface area contributed by atoms with Crippen LogP contribution in [0.2, 0.25) is 0 Å². The molecular weight excluding hydrogens is 365 g/mol. The van der Waals surface area contributed by atoms with E-state index in [1.807, 2.05) is 18.2 Å². The molecule has 0 spiro atoms. The maximum atomic E-state index is 12.8. The fourth-order valence-corrected chi connectivity index (χ4v) is 2.35. The van der Waals surface area contributed by atoms with Crippen molar-refractivity contribution in [3.8, 4) is 5.88 Å². The topological polar surface area (TPSA) is 64.1 Å². The third-order valence-corrected chi connectivity index (χ3v) is 3.52. The Morgan fingerprint density at radius 3 is 2.74 bits per heavy atom. The summed E-state index contributed by atoms with van der Waals surface area (Å²) in [5.74, 6) is -0.402. The quantitative estimate of drug-likeness (QED) is 0.757. The maximum absolute atomic E-state index is 12.8. The van der Waals surface area contributed by atoms with Gasteiger partial charge in [-0.3, -0.25) is 4.79 Å². The predicted octanol–water partition coefficient (Wildman–Crippen LogP) is 3.55. The zero-order valence-corrected chi connectivity index (χ0v) is 13.4. The standard InChI is InChI=1S/C16H11BrFN3O2/c17-10-1-6-14-13(7-10)16(20-9-19-14)23-8-15(22)21-12-4-2-11(18)3-5-12/h1-7,9H,8H2,(H,21,22). The molecular formula is C16H11BrFN3O2. The Kier molecular flexibility index (Phi) is 4.47. The fraction of sp³-hybridized carbons (Fsp3) is 0.0625. The van der Waals surface area contributed by atoms with Gasteiger partial charge >= 0.3 is 0 Å². The summed E-state index contributed by atoms with van der Waals surface area (Å²) in [6.45, 7) is -0.212. The Morgan fingerprint density at radius 2 is 1.96 bits per heavy atom. The molecule has 0 bridgehead atoms. The lowest BCUT2D eigenvalue weighted by atomic mass is 10.2. The van der Waals surface area contributed by atoms with Crippen molar-refractivity contribution >= 4 is 38.4 Å². The molecule has 0 aliphatic rings. The van der Waals surface area contributed by atoms with Crippen molar-refractivity contribution in [3.05, 3.63) is 59.1 Å². The smallest absolute Gasteiger partial charge is 0.262 e. The van der Waals surface area contributed by atoms with E-state index in [9.17, 15) is 9.18 Å². The number of amides is 1. The molecule has 2 aromatic carbocycles. The number of halogens is 2. The normalized spacial score (nSPS) is 10.5. The molecule has 1 aromatic heterocycles. The minimum atomic E-state index is -0.364. The highest BCUT2D eigenvalue weighted by molar-refractivity contribution is 9.10. The summed E-state index contributed by atoms with van der Waals surface area (Å²) in [6, 6.07) is 11.0. The van der Waals surface area contributed by atoms with E-state index in [4.69, 9.17) is 4.74 Å². The molecule has 0 unspecified atom stereocenters. The summed E-state index contributed by atoms with van der Waals surface area (Å²) in [5, 5.41) is 3.32. The number of hydrogen-bond donors (Lipinski definition) is 1. The van der Waals surface area contributed by atoms with Gasteiger partial charge in [0.15, 0.2) is 6.61 Å². The highest BCUT2D eigenvalue weighted by atomic mass is 79.9. The molecule has 7 heteroatoms. The van der Waals surface area contributed by atoms with Crippen molar-refractivity contribution in [2.45, 2.75) is 0 Å². The number of anilines is 1. The Hall–Kier alpha value is -2.54. The molecule has 0 saturated carbocycles. The summed E-state index contributed by atoms with van der Waals surface area (Å²) in [6.07, 6.45) is 1.38. The molecule has 0 fully saturated rings. The Morgan fingerprint density at radius 1 is 1.17 bits per heavy atom. The van der Waals surface area contributed by atoms with E-state index in [0.29, 0.717) is 17.0 Å². The van der Waals surface area contributed by atoms with E-state index < -0.39 is 0 Å². The molecule has 1 N–H and O–H groups in total. The Bertz CT molecular complexity index is 856. The number of aromatic nitrogens is 2. The molecule has 0 atom stereocenters. The van der Waals surface area contributed by atoms with Gasteiger partial charge in [-0.05, 0) is 42.5 Å². The lowest BCUT2D eigenvalue weighted by molar-refractivity contribution is -0.118. The zero-order chi connectivity index (χ0) is 16.2. The summed E-state index contributed by atoms with van der Waals surface area (Å²) >= 11 is 3.38. The maximum Gasteiger partial charge on any atom is 0.262 e. The van der Waals surface area contributed by atoms with Gasteiger partial charge in [-0.15, -0.1) is 0 Å². The van der Waals surface area contributed by atoms with Crippen molar-refractivity contribution in [1.82, 2.24) is 9.97 Å². The van der Waals surface area contributed by atoms with E-state index in [2.05, 4.69) is 31.2 Å². The van der Waals surface area contributed by atoms with Crippen LogP contribution in [-0.4, -0.2) is 22.5 Å². The number of carbonyl (C=O) groups excluding carboxylic acids is 1. The Labute approximate surface area is 139 Å². The van der Waals surface area contributed by atoms with Crippen molar-refractivity contribution in [2.24, 2.45) is 0 Å². The summed E-state index contributed by atoms with van der Waals surface area (Å²) in [5.41, 5.74) is 1.22. The first-order valence-electron chi connectivity index (χ1n) is 6.70. The van der Waals surface area contributed by atoms with Crippen LogP contribution in [0.15, 0.2) is 53.3 Å². The van der Waals surface area contributed by atoms with Crippen molar-refractivity contribution < 1.29 is 13.9 Å². The number of benzene rings is 2. The van der Waals surface area contributed by atoms with Gasteiger partial charge in [0.2, 0.25) is 5.88 Å². The van der Waals surface area contributed by atoms with Gasteiger partial charge in [-0.2, -0.15) is 0 Å². The van der Waals surface area contributed by atoms with E-state index in [1.54, 1.807) is 0 Å². The van der Waals surface area contributed by atoms with Crippen molar-refractivity contribution in [2.75, 3.05) is 11.9 Å². The Balaban J connectivity index is 1.69. The number of hydrogen-bond acceptors (Lipinski definition) is 4. The predicted molar refractivity (Wildman–Crippen MR) is 87.8 cm³/mol. The van der Waals surface area contributed by atoms with Crippen LogP contribution < -0.4 is 10.1 Å². The first-order valence-corrected chi connectivity index (χ1v) is 7.49. The number of carbonyl (C=O) groups is 1. The van der Waals surface area contributed by atoms with Crippen LogP contribution in [0.25, 0.3) is 10.9 Å². The molecule has 0 aliphatic carbocycles. The summed E-state index contributed by atoms with van der Waals surface area (Å²) in [7, 11) is 0. The molecule has 1 amide bonds. The molecule has 0 aliphatic heterocycles. The van der Waals surface area contributed by atoms with Gasteiger partial charge in [0.1, 0.15) is 12.1 Å². The van der Waals surface area contributed by atoms with Crippen LogP contribution in [0.1, 0.15) is 0 Å². The lowest BCUT2D eigenvalue weighted by Gasteiger charge is -2.08. The van der Waals surface area contributed by atoms with E-state index >= 15 is 0 Å². The van der Waals surface area contributed by atoms with Crippen molar-refractivity contribution in [3.63, 3.8) is 0 Å². The third-order valence-electron chi connectivity index (χ3n) is 3.03. The first kappa shape index (κ1) is 15.4. The van der Waals surface area contributed by atoms with E-state index in [0.717, 1.165) is 9.99 Å². The second kappa shape index (κ2) is 6.70. The molecule has 3 rings (SSSR count). The minimum absolute atomic E-state index is 0.212. The number of nitrogens with one attached hydrogen (secondary N) is 1. The average Bonchev–Trinajstić information content (AvgIpc) is 2.55. The van der Waals surface area contributed by atoms with Crippen molar-refractivity contribution in [1.29, 1.82) is 0 Å². The zero-order valence-electron chi connectivity index (χ0n) is 11.8. The largest absolute Gasteiger partial charge is 0.467 e. The molecule has 0 radical (unpaired) electrons. The molecule has 3 aromatic rings. The molecule has 0 saturated heterocycles. The fourth-order valence-electron chi connectivity index (χ4n) is 1.98. The van der Waals surface area contributed by atoms with Gasteiger partial charge in [-0.25, -0.2) is 14.4 Å². The minimum Gasteiger partial charge on any atom is -0.467 e. The first-order chi connectivity index (χ1) is 11.1. The monoisotopic (exact) mass is 375 g/mol. The van der Waals surface area contributed by atoms with Gasteiger partial charge in [0, 0.05) is 10.2 Å². The van der Waals surface area contributed by atoms with Crippen LogP contribution >= 0.6 is 15.9 Å². The summed E-state index contributed by atoms with van der Waals surface area (Å²) in [4.78, 5) is 20.1. The summed E-state index contributed by atoms with van der Waals surface area (Å²) < 4.78 is 19.2. The van der Waals surface area contributed by atoms with Crippen LogP contribution in [0.3, 0.4) is 0 Å². The highest BCUT2D eigenvalue weighted by Crippen LogP contribution is 2.24. The van der Waals surface area contributed by atoms with Gasteiger partial charge in [-0.1, -0.05) is 15.9 Å². The average molecular weight is 376 g/mol. The van der Waals surface area contributed by atoms with Gasteiger partial charge in [0.25, 0.3) is 5.91 Å². The molecule has 5 nitrogen and oxygen atoms in total. The second-order valence-corrected chi connectivity index (χ2v) is 5.60. The van der Waals surface area contributed by atoms with Crippen LogP contribution in [0.5, 0.6) is 5.88 Å². The van der Waals surface area contributed by atoms with Gasteiger partial charge < -0.3 is 10.1 Å². The second-order valence-electron chi connectivity index (χ2n) is 4.68. The van der Waals surface area contributed by atoms with Crippen LogP contribution in [0.4, 0.5) is 10.1 Å². The molecule has 116 valence electrons. The number of ether oxygens (including phenoxy) is 1. The molecule has 23 heavy (non-hydrogen) atoms. The number of rotatable bonds is 4. The third kappa shape index (κ3) is 3.81. The number of fused-ring (bicyclic) bond motifs is 1. The molecule has 1 heterocycles. The van der Waals surface area contributed by atoms with Crippen LogP contribution in [0, 0.1) is 5.82 Å². The van der Waals surface area contributed by atoms with Crippen LogP contribution in [-0.2, 0) is 4.79 Å². The lowest BCUT2D eigenvalue weighted by Crippen LogP contribution is -2.20. The van der Waals surface area contributed by atoms with E-state index in [1.165, 1.54) is 30.6 Å². The number of nitrogens with zero attached hydrogens (tertiary/aromatic N) is 2. The van der Waals surface area contributed by atoms with Gasteiger partial charge in [0.05, 0.1) is 10.9 Å².